The maximum atomic E-state index is 5.20. The lowest BCUT2D eigenvalue weighted by molar-refractivity contribution is 0.254. The summed E-state index contributed by atoms with van der Waals surface area (Å²) in [4.78, 5) is 0. The predicted molar refractivity (Wildman–Crippen MR) is 59.3 cm³/mol. The van der Waals surface area contributed by atoms with Crippen LogP contribution >= 0.6 is 22.6 Å². The molecular formula is C10H11IO. The third kappa shape index (κ3) is 3.76. The molecule has 0 heterocycles. The number of rotatable bonds is 4. The molecule has 1 rings (SSSR count). The Morgan fingerprint density at radius 1 is 1.25 bits per heavy atom. The van der Waals surface area contributed by atoms with Crippen LogP contribution < -0.4 is 0 Å². The van der Waals surface area contributed by atoms with Gasteiger partial charge in [0.15, 0.2) is 0 Å². The van der Waals surface area contributed by atoms with Gasteiger partial charge in [-0.2, -0.15) is 0 Å². The third-order valence-corrected chi connectivity index (χ3v) is 1.79. The predicted octanol–water partition coefficient (Wildman–Crippen LogP) is 3.15. The lowest BCUT2D eigenvalue weighted by Crippen LogP contribution is -1.92. The van der Waals surface area contributed by atoms with Crippen molar-refractivity contribution >= 4 is 22.6 Å². The van der Waals surface area contributed by atoms with Gasteiger partial charge in [0.05, 0.1) is 12.9 Å². The van der Waals surface area contributed by atoms with E-state index < -0.39 is 0 Å². The van der Waals surface area contributed by atoms with Crippen LogP contribution in [0.15, 0.2) is 40.7 Å². The molecular weight excluding hydrogens is 263 g/mol. The second-order valence-corrected chi connectivity index (χ2v) is 3.09. The number of hydrogen-bond acceptors (Lipinski definition) is 1. The van der Waals surface area contributed by atoms with Crippen LogP contribution in [0.1, 0.15) is 5.56 Å². The number of benzene rings is 1. The van der Waals surface area contributed by atoms with E-state index in [2.05, 4.69) is 34.7 Å². The second kappa shape index (κ2) is 6.06. The van der Waals surface area contributed by atoms with Crippen molar-refractivity contribution in [1.29, 1.82) is 0 Å². The molecule has 64 valence electrons. The van der Waals surface area contributed by atoms with E-state index in [1.807, 2.05) is 22.3 Å². The van der Waals surface area contributed by atoms with Gasteiger partial charge in [-0.15, -0.1) is 0 Å². The van der Waals surface area contributed by atoms with Crippen molar-refractivity contribution in [3.8, 4) is 0 Å². The Morgan fingerprint density at radius 3 is 2.67 bits per heavy atom. The average molecular weight is 274 g/mol. The quantitative estimate of drug-likeness (QED) is 0.465. The molecule has 0 aromatic heterocycles. The first-order valence-corrected chi connectivity index (χ1v) is 5.09. The summed E-state index contributed by atoms with van der Waals surface area (Å²) < 4.78 is 7.06. The topological polar surface area (TPSA) is 9.23 Å². The minimum atomic E-state index is 0.753. The van der Waals surface area contributed by atoms with Crippen molar-refractivity contribution < 1.29 is 4.74 Å². The second-order valence-electron chi connectivity index (χ2n) is 2.37. The lowest BCUT2D eigenvalue weighted by Gasteiger charge is -1.99. The molecule has 0 aliphatic heterocycles. The van der Waals surface area contributed by atoms with E-state index >= 15 is 0 Å². The average Bonchev–Trinajstić information content (AvgIpc) is 2.14. The van der Waals surface area contributed by atoms with Crippen LogP contribution in [0.3, 0.4) is 0 Å². The van der Waals surface area contributed by atoms with E-state index in [1.54, 1.807) is 6.26 Å². The number of halogens is 1. The van der Waals surface area contributed by atoms with Crippen molar-refractivity contribution in [2.75, 3.05) is 6.61 Å². The Labute approximate surface area is 86.6 Å². The van der Waals surface area contributed by atoms with Gasteiger partial charge in [0, 0.05) is 10.5 Å². The largest absolute Gasteiger partial charge is 0.500 e. The standard InChI is InChI=1S/C10H11IO/c11-7-9-12-8-6-10-4-2-1-3-5-10/h1-5,7,9H,6,8H2/b9-7-. The van der Waals surface area contributed by atoms with Gasteiger partial charge < -0.3 is 4.74 Å². The summed E-state index contributed by atoms with van der Waals surface area (Å²) in [6.07, 6.45) is 2.69. The van der Waals surface area contributed by atoms with E-state index in [4.69, 9.17) is 4.74 Å². The highest BCUT2D eigenvalue weighted by atomic mass is 127. The van der Waals surface area contributed by atoms with Crippen molar-refractivity contribution in [3.63, 3.8) is 0 Å². The molecule has 0 saturated heterocycles. The SMILES string of the molecule is I/C=C\OCCc1ccccc1. The van der Waals surface area contributed by atoms with Crippen molar-refractivity contribution in [1.82, 2.24) is 0 Å². The normalized spacial score (nSPS) is 10.4. The molecule has 0 aliphatic rings. The van der Waals surface area contributed by atoms with E-state index in [0.717, 1.165) is 13.0 Å². The van der Waals surface area contributed by atoms with E-state index in [1.165, 1.54) is 5.56 Å². The van der Waals surface area contributed by atoms with Crippen LogP contribution in [0.5, 0.6) is 0 Å². The molecule has 0 atom stereocenters. The summed E-state index contributed by atoms with van der Waals surface area (Å²) in [5, 5.41) is 0. The molecule has 1 nitrogen and oxygen atoms in total. The Morgan fingerprint density at radius 2 is 2.00 bits per heavy atom. The maximum absolute atomic E-state index is 5.20. The number of ether oxygens (including phenoxy) is 1. The summed E-state index contributed by atoms with van der Waals surface area (Å²) in [6, 6.07) is 10.3. The molecule has 1 aromatic rings. The molecule has 0 fully saturated rings. The van der Waals surface area contributed by atoms with E-state index in [9.17, 15) is 0 Å². The fraction of sp³-hybridized carbons (Fsp3) is 0.200. The van der Waals surface area contributed by atoms with Crippen LogP contribution in [0.4, 0.5) is 0 Å². The molecule has 0 amide bonds. The van der Waals surface area contributed by atoms with Crippen LogP contribution in [-0.4, -0.2) is 6.61 Å². The highest BCUT2D eigenvalue weighted by Gasteiger charge is 1.88. The van der Waals surface area contributed by atoms with Crippen LogP contribution in [0, 0.1) is 0 Å². The Balaban J connectivity index is 2.24. The highest BCUT2D eigenvalue weighted by Crippen LogP contribution is 1.99. The molecule has 0 radical (unpaired) electrons. The van der Waals surface area contributed by atoms with Crippen LogP contribution in [-0.2, 0) is 11.2 Å². The highest BCUT2D eigenvalue weighted by molar-refractivity contribution is 14.1. The van der Waals surface area contributed by atoms with Gasteiger partial charge >= 0.3 is 0 Å². The summed E-state index contributed by atoms with van der Waals surface area (Å²) in [5.74, 6) is 0. The Bertz CT molecular complexity index is 231. The Hall–Kier alpha value is -0.510. The zero-order chi connectivity index (χ0) is 8.65. The molecule has 12 heavy (non-hydrogen) atoms. The molecule has 0 unspecified atom stereocenters. The fourth-order valence-electron chi connectivity index (χ4n) is 0.926. The molecule has 1 aromatic carbocycles. The Kier molecular flexibility index (Phi) is 4.83. The third-order valence-electron chi connectivity index (χ3n) is 1.50. The van der Waals surface area contributed by atoms with Gasteiger partial charge in [-0.05, 0) is 28.2 Å². The lowest BCUT2D eigenvalue weighted by atomic mass is 10.2. The smallest absolute Gasteiger partial charge is 0.0913 e. The van der Waals surface area contributed by atoms with E-state index in [0.29, 0.717) is 0 Å². The van der Waals surface area contributed by atoms with Crippen molar-refractivity contribution in [2.45, 2.75) is 6.42 Å². The molecule has 2 heteroatoms. The molecule has 0 N–H and O–H groups in total. The maximum Gasteiger partial charge on any atom is 0.0913 e. The van der Waals surface area contributed by atoms with Gasteiger partial charge in [0.2, 0.25) is 0 Å². The van der Waals surface area contributed by atoms with Gasteiger partial charge in [-0.3, -0.25) is 0 Å². The molecule has 0 bridgehead atoms. The van der Waals surface area contributed by atoms with Gasteiger partial charge in [0.25, 0.3) is 0 Å². The van der Waals surface area contributed by atoms with Crippen molar-refractivity contribution in [3.05, 3.63) is 46.2 Å². The minimum absolute atomic E-state index is 0.753. The fourth-order valence-corrected chi connectivity index (χ4v) is 1.13. The van der Waals surface area contributed by atoms with Gasteiger partial charge in [-0.25, -0.2) is 0 Å². The first kappa shape index (κ1) is 9.58. The summed E-state index contributed by atoms with van der Waals surface area (Å²) in [5.41, 5.74) is 1.32. The van der Waals surface area contributed by atoms with Crippen molar-refractivity contribution in [2.24, 2.45) is 0 Å². The minimum Gasteiger partial charge on any atom is -0.500 e. The summed E-state index contributed by atoms with van der Waals surface area (Å²) in [6.45, 7) is 0.753. The number of hydrogen-bond donors (Lipinski definition) is 0. The van der Waals surface area contributed by atoms with E-state index in [-0.39, 0.29) is 0 Å². The molecule has 0 aliphatic carbocycles. The zero-order valence-corrected chi connectivity index (χ0v) is 8.90. The first-order valence-electron chi connectivity index (χ1n) is 3.84. The van der Waals surface area contributed by atoms with Gasteiger partial charge in [0.1, 0.15) is 0 Å². The zero-order valence-electron chi connectivity index (χ0n) is 6.74. The van der Waals surface area contributed by atoms with Gasteiger partial charge in [-0.1, -0.05) is 30.3 Å². The van der Waals surface area contributed by atoms with Crippen LogP contribution in [0.25, 0.3) is 0 Å². The monoisotopic (exact) mass is 274 g/mol. The molecule has 0 spiro atoms. The first-order chi connectivity index (χ1) is 5.93. The van der Waals surface area contributed by atoms with Crippen LogP contribution in [0.2, 0.25) is 0 Å². The molecule has 0 saturated carbocycles. The summed E-state index contributed by atoms with van der Waals surface area (Å²) in [7, 11) is 0. The summed E-state index contributed by atoms with van der Waals surface area (Å²) >= 11 is 2.14.